The van der Waals surface area contributed by atoms with Crippen molar-refractivity contribution in [3.8, 4) is 6.07 Å². The van der Waals surface area contributed by atoms with Crippen LogP contribution in [0.3, 0.4) is 0 Å². The minimum atomic E-state index is -0.806. The summed E-state index contributed by atoms with van der Waals surface area (Å²) in [5.74, 6) is -1.01. The maximum Gasteiger partial charge on any atom is 0.272 e. The van der Waals surface area contributed by atoms with E-state index in [2.05, 4.69) is 11.9 Å². The fourth-order valence-electron chi connectivity index (χ4n) is 2.64. The zero-order chi connectivity index (χ0) is 19.3. The zero-order valence-electron chi connectivity index (χ0n) is 14.4. The molecule has 4 N–H and O–H groups in total. The normalized spacial score (nSPS) is 12.9. The van der Waals surface area contributed by atoms with Crippen LogP contribution in [0.25, 0.3) is 0 Å². The number of nitriles is 1. The molecule has 0 spiro atoms. The third kappa shape index (κ3) is 4.36. The number of nitrogens with zero attached hydrogens (tertiary/aromatic N) is 2. The second-order valence-electron chi connectivity index (χ2n) is 5.99. The molecule has 0 aliphatic rings. The van der Waals surface area contributed by atoms with E-state index in [1.807, 2.05) is 6.07 Å². The van der Waals surface area contributed by atoms with Crippen LogP contribution in [0.1, 0.15) is 28.0 Å². The number of aryl methyl sites for hydroxylation is 2. The van der Waals surface area contributed by atoms with Gasteiger partial charge in [0.2, 0.25) is 0 Å². The van der Waals surface area contributed by atoms with Gasteiger partial charge in [-0.25, -0.2) is 4.39 Å². The predicted octanol–water partition coefficient (Wildman–Crippen LogP) is 2.09. The lowest BCUT2D eigenvalue weighted by Gasteiger charge is -2.15. The van der Waals surface area contributed by atoms with Gasteiger partial charge in [-0.05, 0) is 42.7 Å². The van der Waals surface area contributed by atoms with Crippen molar-refractivity contribution in [1.82, 2.24) is 4.57 Å². The molecule has 2 rings (SSSR count). The smallest absolute Gasteiger partial charge is 0.272 e. The largest absolute Gasteiger partial charge is 0.387 e. The number of carbonyl (C=O) groups is 1. The minimum Gasteiger partial charge on any atom is -0.387 e. The van der Waals surface area contributed by atoms with Crippen molar-refractivity contribution in [1.29, 1.82) is 5.26 Å². The van der Waals surface area contributed by atoms with Crippen LogP contribution in [0.2, 0.25) is 0 Å². The lowest BCUT2D eigenvalue weighted by molar-refractivity contribution is 0.101. The Bertz CT molecular complexity index is 854. The SMILES string of the molecule is C=C[C@H](O)[C@H](N)CCc1ccn(C)c1C(=O)Nc1ccc(F)c(C#N)c1. The van der Waals surface area contributed by atoms with Gasteiger partial charge >= 0.3 is 0 Å². The first-order valence-electron chi connectivity index (χ1n) is 8.08. The van der Waals surface area contributed by atoms with E-state index in [-0.39, 0.29) is 11.5 Å². The zero-order valence-corrected chi connectivity index (χ0v) is 14.4. The van der Waals surface area contributed by atoms with Crippen LogP contribution in [0.4, 0.5) is 10.1 Å². The maximum absolute atomic E-state index is 13.4. The summed E-state index contributed by atoms with van der Waals surface area (Å²) in [6, 6.07) is 6.89. The first-order chi connectivity index (χ1) is 12.4. The molecule has 0 saturated carbocycles. The third-order valence-corrected chi connectivity index (χ3v) is 4.14. The molecule has 7 heteroatoms. The van der Waals surface area contributed by atoms with Gasteiger partial charge in [0.1, 0.15) is 17.6 Å². The number of aliphatic hydroxyl groups is 1. The van der Waals surface area contributed by atoms with Crippen molar-refractivity contribution in [2.24, 2.45) is 12.8 Å². The van der Waals surface area contributed by atoms with Gasteiger partial charge in [-0.15, -0.1) is 6.58 Å². The van der Waals surface area contributed by atoms with Crippen LogP contribution in [-0.4, -0.2) is 27.7 Å². The number of amides is 1. The number of nitrogens with one attached hydrogen (secondary N) is 1. The van der Waals surface area contributed by atoms with Crippen molar-refractivity contribution >= 4 is 11.6 Å². The van der Waals surface area contributed by atoms with E-state index in [9.17, 15) is 14.3 Å². The van der Waals surface area contributed by atoms with Crippen molar-refractivity contribution in [2.75, 3.05) is 5.32 Å². The van der Waals surface area contributed by atoms with Gasteiger partial charge in [-0.2, -0.15) is 5.26 Å². The van der Waals surface area contributed by atoms with Gasteiger partial charge in [0.25, 0.3) is 5.91 Å². The first-order valence-corrected chi connectivity index (χ1v) is 8.08. The molecule has 2 atom stereocenters. The number of benzene rings is 1. The van der Waals surface area contributed by atoms with Crippen LogP contribution >= 0.6 is 0 Å². The molecular weight excluding hydrogens is 335 g/mol. The van der Waals surface area contributed by atoms with E-state index in [4.69, 9.17) is 11.0 Å². The number of nitrogens with two attached hydrogens (primary N) is 1. The summed E-state index contributed by atoms with van der Waals surface area (Å²) < 4.78 is 15.1. The molecule has 1 aromatic carbocycles. The predicted molar refractivity (Wildman–Crippen MR) is 97.0 cm³/mol. The van der Waals surface area contributed by atoms with Crippen LogP contribution < -0.4 is 11.1 Å². The van der Waals surface area contributed by atoms with Crippen LogP contribution in [0.15, 0.2) is 43.1 Å². The summed E-state index contributed by atoms with van der Waals surface area (Å²) in [6.07, 6.45) is 3.31. The van der Waals surface area contributed by atoms with Crippen LogP contribution in [-0.2, 0) is 13.5 Å². The fourth-order valence-corrected chi connectivity index (χ4v) is 2.64. The molecule has 2 aromatic rings. The molecule has 0 bridgehead atoms. The number of rotatable bonds is 7. The van der Waals surface area contributed by atoms with Gasteiger partial charge in [0.15, 0.2) is 0 Å². The van der Waals surface area contributed by atoms with Gasteiger partial charge in [0.05, 0.1) is 11.7 Å². The number of hydrogen-bond acceptors (Lipinski definition) is 4. The van der Waals surface area contributed by atoms with Gasteiger partial charge in [-0.3, -0.25) is 4.79 Å². The Kier molecular flexibility index (Phi) is 6.28. The Morgan fingerprint density at radius 2 is 2.27 bits per heavy atom. The molecule has 6 nitrogen and oxygen atoms in total. The number of hydrogen-bond donors (Lipinski definition) is 3. The van der Waals surface area contributed by atoms with Crippen molar-refractivity contribution in [2.45, 2.75) is 25.0 Å². The van der Waals surface area contributed by atoms with Crippen molar-refractivity contribution < 1.29 is 14.3 Å². The number of aromatic nitrogens is 1. The molecule has 0 fully saturated rings. The fraction of sp³-hybridized carbons (Fsp3) is 0.263. The average molecular weight is 356 g/mol. The molecule has 0 unspecified atom stereocenters. The molecule has 0 radical (unpaired) electrons. The third-order valence-electron chi connectivity index (χ3n) is 4.14. The summed E-state index contributed by atoms with van der Waals surface area (Å²) in [5, 5.41) is 21.2. The Morgan fingerprint density at radius 1 is 1.54 bits per heavy atom. The molecule has 1 aromatic heterocycles. The van der Waals surface area contributed by atoms with E-state index in [1.165, 1.54) is 18.2 Å². The summed E-state index contributed by atoms with van der Waals surface area (Å²) >= 11 is 0. The maximum atomic E-state index is 13.4. The first kappa shape index (κ1) is 19.4. The topological polar surface area (TPSA) is 104 Å². The van der Waals surface area contributed by atoms with E-state index < -0.39 is 18.0 Å². The van der Waals surface area contributed by atoms with Crippen LogP contribution in [0, 0.1) is 17.1 Å². The number of aliphatic hydroxyl groups excluding tert-OH is 1. The lowest BCUT2D eigenvalue weighted by atomic mass is 10.0. The highest BCUT2D eigenvalue weighted by atomic mass is 19.1. The average Bonchev–Trinajstić information content (AvgIpc) is 3.01. The Balaban J connectivity index is 2.15. The second kappa shape index (κ2) is 8.43. The van der Waals surface area contributed by atoms with E-state index in [0.29, 0.717) is 24.2 Å². The highest BCUT2D eigenvalue weighted by Crippen LogP contribution is 2.18. The standard InChI is InChI=1S/C19H21FN4O2/c1-3-17(25)16(22)7-4-12-8-9-24(2)18(12)19(26)23-14-5-6-15(20)13(10-14)11-21/h3,5-6,8-10,16-17,25H,1,4,7,22H2,2H3,(H,23,26)/t16-,17+/m1/s1. The van der Waals surface area contributed by atoms with Crippen molar-refractivity contribution in [3.05, 3.63) is 65.8 Å². The summed E-state index contributed by atoms with van der Waals surface area (Å²) in [6.45, 7) is 3.51. The summed E-state index contributed by atoms with van der Waals surface area (Å²) in [7, 11) is 1.74. The molecular formula is C19H21FN4O2. The molecule has 0 saturated heterocycles. The van der Waals surface area contributed by atoms with Gasteiger partial charge < -0.3 is 20.7 Å². The van der Waals surface area contributed by atoms with Crippen LogP contribution in [0.5, 0.6) is 0 Å². The van der Waals surface area contributed by atoms with E-state index in [0.717, 1.165) is 11.6 Å². The highest BCUT2D eigenvalue weighted by Gasteiger charge is 2.18. The summed E-state index contributed by atoms with van der Waals surface area (Å²) in [5.41, 5.74) is 7.29. The molecule has 26 heavy (non-hydrogen) atoms. The summed E-state index contributed by atoms with van der Waals surface area (Å²) in [4.78, 5) is 12.6. The molecule has 1 amide bonds. The number of halogens is 1. The quantitative estimate of drug-likeness (QED) is 0.661. The van der Waals surface area contributed by atoms with E-state index >= 15 is 0 Å². The Labute approximate surface area is 151 Å². The molecule has 1 heterocycles. The molecule has 0 aliphatic heterocycles. The minimum absolute atomic E-state index is 0.140. The number of anilines is 1. The Morgan fingerprint density at radius 3 is 2.92 bits per heavy atom. The molecule has 0 aliphatic carbocycles. The number of carbonyl (C=O) groups excluding carboxylic acids is 1. The molecule has 136 valence electrons. The highest BCUT2D eigenvalue weighted by molar-refractivity contribution is 6.04. The van der Waals surface area contributed by atoms with Gasteiger partial charge in [0, 0.05) is 25.0 Å². The Hall–Kier alpha value is -2.95. The second-order valence-corrected chi connectivity index (χ2v) is 5.99. The van der Waals surface area contributed by atoms with E-state index in [1.54, 1.807) is 23.9 Å². The monoisotopic (exact) mass is 356 g/mol. The van der Waals surface area contributed by atoms with Gasteiger partial charge in [-0.1, -0.05) is 6.08 Å². The lowest BCUT2D eigenvalue weighted by Crippen LogP contribution is -2.33. The van der Waals surface area contributed by atoms with Crippen molar-refractivity contribution in [3.63, 3.8) is 0 Å².